The van der Waals surface area contributed by atoms with Gasteiger partial charge in [0.25, 0.3) is 11.8 Å². The molecule has 2 aromatic heterocycles. The van der Waals surface area contributed by atoms with Crippen LogP contribution in [0.15, 0.2) is 36.4 Å². The number of anilines is 3. The monoisotopic (exact) mass is 491 g/mol. The van der Waals surface area contributed by atoms with E-state index in [1.807, 2.05) is 29.9 Å². The maximum atomic E-state index is 12.8. The number of thiophene rings is 1. The van der Waals surface area contributed by atoms with Gasteiger partial charge in [0.15, 0.2) is 11.6 Å². The highest BCUT2D eigenvalue weighted by atomic mass is 32.1. The lowest BCUT2D eigenvalue weighted by Gasteiger charge is -2.26. The number of hydrogen-bond donors (Lipinski definition) is 1. The van der Waals surface area contributed by atoms with E-state index >= 15 is 0 Å². The third kappa shape index (κ3) is 4.60. The number of carbonyl (C=O) groups excluding carboxylic acids is 3. The average molecular weight is 492 g/mol. The highest BCUT2D eigenvalue weighted by Gasteiger charge is 2.27. The van der Waals surface area contributed by atoms with E-state index < -0.39 is 0 Å². The Bertz CT molecular complexity index is 1310. The van der Waals surface area contributed by atoms with Crippen molar-refractivity contribution in [1.82, 2.24) is 14.7 Å². The highest BCUT2D eigenvalue weighted by molar-refractivity contribution is 7.16. The maximum absolute atomic E-state index is 12.8. The minimum atomic E-state index is -0.266. The van der Waals surface area contributed by atoms with Crippen molar-refractivity contribution in [2.75, 3.05) is 30.4 Å². The van der Waals surface area contributed by atoms with Gasteiger partial charge in [-0.15, -0.1) is 11.3 Å². The molecule has 5 rings (SSSR count). The lowest BCUT2D eigenvalue weighted by atomic mass is 9.98. The predicted molar refractivity (Wildman–Crippen MR) is 137 cm³/mol. The van der Waals surface area contributed by atoms with Gasteiger partial charge in [0.2, 0.25) is 0 Å². The van der Waals surface area contributed by atoms with Crippen LogP contribution in [0.1, 0.15) is 62.0 Å². The summed E-state index contributed by atoms with van der Waals surface area (Å²) in [7, 11) is 1.83. The molecule has 1 aromatic carbocycles. The molecule has 3 aromatic rings. The van der Waals surface area contributed by atoms with Gasteiger partial charge in [-0.05, 0) is 54.7 Å². The summed E-state index contributed by atoms with van der Waals surface area (Å²) in [6.45, 7) is 6.38. The Morgan fingerprint density at radius 3 is 2.69 bits per heavy atom. The molecule has 4 heterocycles. The van der Waals surface area contributed by atoms with Crippen molar-refractivity contribution in [1.29, 1.82) is 0 Å². The van der Waals surface area contributed by atoms with Crippen LogP contribution >= 0.6 is 11.3 Å². The Balaban J connectivity index is 1.29. The molecule has 0 spiro atoms. The van der Waals surface area contributed by atoms with Crippen LogP contribution in [0, 0.1) is 5.92 Å². The fourth-order valence-corrected chi connectivity index (χ4v) is 5.38. The molecule has 0 saturated carbocycles. The first kappa shape index (κ1) is 23.3. The van der Waals surface area contributed by atoms with Crippen LogP contribution in [-0.2, 0) is 13.0 Å². The minimum Gasteiger partial charge on any atom is -0.341 e. The molecular weight excluding hydrogens is 462 g/mol. The first-order valence-electron chi connectivity index (χ1n) is 12.0. The first-order chi connectivity index (χ1) is 16.8. The van der Waals surface area contributed by atoms with Crippen LogP contribution in [0.4, 0.5) is 17.3 Å². The summed E-state index contributed by atoms with van der Waals surface area (Å²) in [5.41, 5.74) is 2.84. The number of ketones is 1. The smallest absolute Gasteiger partial charge is 0.266 e. The normalized spacial score (nSPS) is 14.9. The van der Waals surface area contributed by atoms with E-state index in [1.54, 1.807) is 17.0 Å². The third-order valence-electron chi connectivity index (χ3n) is 6.56. The zero-order chi connectivity index (χ0) is 24.7. The van der Waals surface area contributed by atoms with Gasteiger partial charge in [0.1, 0.15) is 5.82 Å². The van der Waals surface area contributed by atoms with Gasteiger partial charge >= 0.3 is 0 Å². The molecule has 0 unspecified atom stereocenters. The van der Waals surface area contributed by atoms with Gasteiger partial charge in [-0.25, -0.2) is 4.68 Å². The predicted octanol–water partition coefficient (Wildman–Crippen LogP) is 4.60. The topological polar surface area (TPSA) is 87.5 Å². The second-order valence-electron chi connectivity index (χ2n) is 9.55. The quantitative estimate of drug-likeness (QED) is 0.488. The van der Waals surface area contributed by atoms with Crippen molar-refractivity contribution in [2.24, 2.45) is 5.92 Å². The number of aromatic nitrogens is 2. The van der Waals surface area contributed by atoms with Crippen LogP contribution in [0.5, 0.6) is 0 Å². The third-order valence-corrected chi connectivity index (χ3v) is 7.68. The molecule has 2 amide bonds. The van der Waals surface area contributed by atoms with Gasteiger partial charge in [-0.1, -0.05) is 13.8 Å². The summed E-state index contributed by atoms with van der Waals surface area (Å²) in [6, 6.07) is 11.3. The van der Waals surface area contributed by atoms with Gasteiger partial charge in [0, 0.05) is 43.9 Å². The van der Waals surface area contributed by atoms with Crippen LogP contribution in [0.3, 0.4) is 0 Å². The van der Waals surface area contributed by atoms with Crippen molar-refractivity contribution < 1.29 is 14.4 Å². The van der Waals surface area contributed by atoms with Crippen molar-refractivity contribution in [3.8, 4) is 0 Å². The summed E-state index contributed by atoms with van der Waals surface area (Å²) < 4.78 is 1.88. The number of hydrogen-bond acceptors (Lipinski definition) is 6. The summed E-state index contributed by atoms with van der Waals surface area (Å²) in [5, 5.41) is 7.43. The number of nitrogens with zero attached hydrogens (tertiary/aromatic N) is 4. The first-order valence-corrected chi connectivity index (χ1v) is 12.8. The lowest BCUT2D eigenvalue weighted by Crippen LogP contribution is -2.34. The fourth-order valence-electron chi connectivity index (χ4n) is 4.51. The number of fused-ring (bicyclic) bond motifs is 2. The van der Waals surface area contributed by atoms with Crippen molar-refractivity contribution in [3.05, 3.63) is 57.3 Å². The van der Waals surface area contributed by atoms with Crippen LogP contribution in [0.2, 0.25) is 0 Å². The zero-order valence-corrected chi connectivity index (χ0v) is 21.0. The molecule has 2 aliphatic heterocycles. The molecule has 0 saturated heterocycles. The number of likely N-dealkylation sites (N-methyl/N-ethyl adjacent to an activating group) is 1. The SMILES string of the molecule is CC(C)CCC(=O)c1ccc(C(=O)Nc2cc3n(n2)CCN3c2ccc3c(c2)CCN(C)C3=O)s1. The summed E-state index contributed by atoms with van der Waals surface area (Å²) in [5.74, 6) is 1.72. The fraction of sp³-hybridized carbons (Fsp3) is 0.385. The molecule has 0 radical (unpaired) electrons. The van der Waals surface area contributed by atoms with Crippen molar-refractivity contribution in [3.63, 3.8) is 0 Å². The summed E-state index contributed by atoms with van der Waals surface area (Å²) >= 11 is 1.22. The molecule has 2 aliphatic rings. The number of benzene rings is 1. The lowest BCUT2D eigenvalue weighted by molar-refractivity contribution is 0.0780. The van der Waals surface area contributed by atoms with Gasteiger partial charge in [0.05, 0.1) is 16.3 Å². The Kier molecular flexibility index (Phi) is 6.19. The largest absolute Gasteiger partial charge is 0.341 e. The Morgan fingerprint density at radius 2 is 1.89 bits per heavy atom. The van der Waals surface area contributed by atoms with E-state index in [-0.39, 0.29) is 17.6 Å². The van der Waals surface area contributed by atoms with Gasteiger partial charge in [-0.2, -0.15) is 5.10 Å². The van der Waals surface area contributed by atoms with Crippen molar-refractivity contribution >= 4 is 46.3 Å². The molecule has 182 valence electrons. The van der Waals surface area contributed by atoms with Gasteiger partial charge < -0.3 is 15.1 Å². The molecule has 9 heteroatoms. The van der Waals surface area contributed by atoms with Gasteiger partial charge in [-0.3, -0.25) is 14.4 Å². The number of carbonyl (C=O) groups is 3. The van der Waals surface area contributed by atoms with E-state index in [4.69, 9.17) is 0 Å². The van der Waals surface area contributed by atoms with E-state index in [2.05, 4.69) is 35.2 Å². The maximum Gasteiger partial charge on any atom is 0.266 e. The molecule has 1 N–H and O–H groups in total. The van der Waals surface area contributed by atoms with Crippen molar-refractivity contribution in [2.45, 2.75) is 39.7 Å². The second kappa shape index (κ2) is 9.30. The van der Waals surface area contributed by atoms with Crippen LogP contribution < -0.4 is 10.2 Å². The van der Waals surface area contributed by atoms with E-state index in [0.29, 0.717) is 34.5 Å². The summed E-state index contributed by atoms with van der Waals surface area (Å²) in [4.78, 5) is 42.6. The van der Waals surface area contributed by atoms with E-state index in [1.165, 1.54) is 11.3 Å². The van der Waals surface area contributed by atoms with Crippen LogP contribution in [0.25, 0.3) is 0 Å². The average Bonchev–Trinajstić information content (AvgIpc) is 3.56. The molecule has 0 bridgehead atoms. The second-order valence-corrected chi connectivity index (χ2v) is 10.6. The standard InChI is InChI=1S/C26H29N5O3S/c1-16(2)4-7-20(32)21-8-9-22(35-21)25(33)27-23-15-24-30(12-13-31(24)28-23)18-5-6-19-17(14-18)10-11-29(3)26(19)34/h5-6,8-9,14-16H,4,7,10-13H2,1-3H3,(H,27,28,33). The number of amides is 2. The number of Topliss-reactive ketones (excluding diaryl/α,β-unsaturated/α-hetero) is 1. The molecule has 35 heavy (non-hydrogen) atoms. The van der Waals surface area contributed by atoms with E-state index in [0.717, 1.165) is 48.6 Å². The van der Waals surface area contributed by atoms with Crippen LogP contribution in [-0.4, -0.2) is 52.4 Å². The minimum absolute atomic E-state index is 0.0626. The highest BCUT2D eigenvalue weighted by Crippen LogP contribution is 2.34. The molecule has 0 atom stereocenters. The van der Waals surface area contributed by atoms with E-state index in [9.17, 15) is 14.4 Å². The zero-order valence-electron chi connectivity index (χ0n) is 20.2. The molecular formula is C26H29N5O3S. The summed E-state index contributed by atoms with van der Waals surface area (Å²) in [6.07, 6.45) is 2.17. The molecule has 0 aliphatic carbocycles. The number of rotatable bonds is 7. The number of nitrogens with one attached hydrogen (secondary N) is 1. The Hall–Kier alpha value is -3.46. The Labute approximate surface area is 208 Å². The Morgan fingerprint density at radius 1 is 1.09 bits per heavy atom. The molecule has 0 fully saturated rings. The molecule has 8 nitrogen and oxygen atoms in total.